The van der Waals surface area contributed by atoms with E-state index in [2.05, 4.69) is 17.6 Å². The van der Waals surface area contributed by atoms with E-state index in [4.69, 9.17) is 16.7 Å². The van der Waals surface area contributed by atoms with Gasteiger partial charge in [0.2, 0.25) is 0 Å². The van der Waals surface area contributed by atoms with Gasteiger partial charge in [-0.2, -0.15) is 0 Å². The zero-order valence-electron chi connectivity index (χ0n) is 9.09. The van der Waals surface area contributed by atoms with Crippen molar-refractivity contribution in [2.75, 3.05) is 11.9 Å². The van der Waals surface area contributed by atoms with E-state index in [0.29, 0.717) is 17.3 Å². The average molecular weight is 243 g/mol. The highest BCUT2D eigenvalue weighted by molar-refractivity contribution is 6.33. The van der Waals surface area contributed by atoms with Gasteiger partial charge in [-0.15, -0.1) is 0 Å². The Hall–Kier alpha value is -1.42. The summed E-state index contributed by atoms with van der Waals surface area (Å²) < 4.78 is 0. The van der Waals surface area contributed by atoms with Crippen LogP contribution < -0.4 is 10.6 Å². The van der Waals surface area contributed by atoms with E-state index in [1.807, 2.05) is 0 Å². The van der Waals surface area contributed by atoms with Gasteiger partial charge in [-0.1, -0.05) is 24.9 Å². The van der Waals surface area contributed by atoms with Gasteiger partial charge in [0.25, 0.3) is 0 Å². The third-order valence-corrected chi connectivity index (χ3v) is 2.33. The fraction of sp³-hybridized carbons (Fsp3) is 0.364. The van der Waals surface area contributed by atoms with Crippen LogP contribution in [0.15, 0.2) is 18.2 Å². The quantitative estimate of drug-likeness (QED) is 0.562. The topological polar surface area (TPSA) is 61.4 Å². The molecule has 0 saturated heterocycles. The summed E-state index contributed by atoms with van der Waals surface area (Å²) in [6.07, 6.45) is 1.97. The molecule has 1 rings (SSSR count). The zero-order valence-corrected chi connectivity index (χ0v) is 9.84. The van der Waals surface area contributed by atoms with Gasteiger partial charge in [0.05, 0.1) is 10.7 Å². The number of rotatable bonds is 4. The largest absolute Gasteiger partial charge is 0.508 e. The highest BCUT2D eigenvalue weighted by Crippen LogP contribution is 2.25. The van der Waals surface area contributed by atoms with Crippen molar-refractivity contribution in [1.82, 2.24) is 5.32 Å². The lowest BCUT2D eigenvalue weighted by Crippen LogP contribution is -2.29. The third kappa shape index (κ3) is 3.98. The summed E-state index contributed by atoms with van der Waals surface area (Å²) in [4.78, 5) is 11.4. The van der Waals surface area contributed by atoms with Gasteiger partial charge in [-0.05, 0) is 18.6 Å². The fourth-order valence-electron chi connectivity index (χ4n) is 1.15. The number of phenolic OH excluding ortho intramolecular Hbond substituents is 1. The number of hydrogen-bond acceptors (Lipinski definition) is 2. The van der Waals surface area contributed by atoms with Gasteiger partial charge in [0.1, 0.15) is 5.75 Å². The number of halogens is 1. The minimum Gasteiger partial charge on any atom is -0.508 e. The van der Waals surface area contributed by atoms with Crippen LogP contribution in [0.1, 0.15) is 19.8 Å². The molecule has 1 aromatic carbocycles. The smallest absolute Gasteiger partial charge is 0.319 e. The van der Waals surface area contributed by atoms with Gasteiger partial charge < -0.3 is 15.7 Å². The van der Waals surface area contributed by atoms with Crippen LogP contribution in [0.25, 0.3) is 0 Å². The van der Waals surface area contributed by atoms with Crippen molar-refractivity contribution >= 4 is 23.3 Å². The maximum Gasteiger partial charge on any atom is 0.319 e. The summed E-state index contributed by atoms with van der Waals surface area (Å²) in [6.45, 7) is 2.69. The van der Waals surface area contributed by atoms with Crippen molar-refractivity contribution in [1.29, 1.82) is 0 Å². The lowest BCUT2D eigenvalue weighted by molar-refractivity contribution is 0.252. The van der Waals surface area contributed by atoms with E-state index < -0.39 is 0 Å². The normalized spacial score (nSPS) is 9.88. The number of carbonyl (C=O) groups excluding carboxylic acids is 1. The van der Waals surface area contributed by atoms with Gasteiger partial charge in [0, 0.05) is 12.6 Å². The third-order valence-electron chi connectivity index (χ3n) is 2.02. The van der Waals surface area contributed by atoms with Crippen LogP contribution in [-0.4, -0.2) is 17.7 Å². The molecule has 0 heterocycles. The van der Waals surface area contributed by atoms with Crippen molar-refractivity contribution in [2.24, 2.45) is 0 Å². The molecule has 0 spiro atoms. The Bertz CT molecular complexity index is 369. The summed E-state index contributed by atoms with van der Waals surface area (Å²) >= 11 is 5.83. The first-order valence-electron chi connectivity index (χ1n) is 5.17. The highest BCUT2D eigenvalue weighted by atomic mass is 35.5. The zero-order chi connectivity index (χ0) is 12.0. The van der Waals surface area contributed by atoms with E-state index >= 15 is 0 Å². The Labute approximate surface area is 99.6 Å². The summed E-state index contributed by atoms with van der Waals surface area (Å²) in [5.74, 6) is 0.0712. The van der Waals surface area contributed by atoms with Crippen LogP contribution >= 0.6 is 11.6 Å². The maximum absolute atomic E-state index is 11.4. The minimum absolute atomic E-state index is 0.0712. The predicted molar refractivity (Wildman–Crippen MR) is 65.0 cm³/mol. The molecule has 0 saturated carbocycles. The van der Waals surface area contributed by atoms with Gasteiger partial charge in [-0.3, -0.25) is 0 Å². The molecule has 3 N–H and O–H groups in total. The van der Waals surface area contributed by atoms with Gasteiger partial charge >= 0.3 is 6.03 Å². The number of hydrogen-bond donors (Lipinski definition) is 3. The maximum atomic E-state index is 11.4. The number of unbranched alkanes of at least 4 members (excludes halogenated alkanes) is 1. The van der Waals surface area contributed by atoms with Crippen molar-refractivity contribution in [3.63, 3.8) is 0 Å². The second-order valence-corrected chi connectivity index (χ2v) is 3.81. The summed E-state index contributed by atoms with van der Waals surface area (Å²) in [6, 6.07) is 4.11. The Morgan fingerprint density at radius 3 is 2.88 bits per heavy atom. The molecule has 5 heteroatoms. The first-order chi connectivity index (χ1) is 7.63. The molecule has 0 fully saturated rings. The van der Waals surface area contributed by atoms with Gasteiger partial charge in [-0.25, -0.2) is 4.79 Å². The summed E-state index contributed by atoms with van der Waals surface area (Å²) in [7, 11) is 0. The molecule has 0 bridgehead atoms. The van der Waals surface area contributed by atoms with Crippen LogP contribution in [0.3, 0.4) is 0 Å². The van der Waals surface area contributed by atoms with Crippen LogP contribution in [0, 0.1) is 0 Å². The van der Waals surface area contributed by atoms with E-state index in [9.17, 15) is 4.79 Å². The van der Waals surface area contributed by atoms with Crippen LogP contribution in [0.4, 0.5) is 10.5 Å². The number of aromatic hydroxyl groups is 1. The number of carbonyl (C=O) groups is 1. The SMILES string of the molecule is CCCCNC(=O)Nc1ccc(O)cc1Cl. The molecule has 88 valence electrons. The first-order valence-corrected chi connectivity index (χ1v) is 5.54. The average Bonchev–Trinajstić information content (AvgIpc) is 2.23. The Morgan fingerprint density at radius 2 is 2.25 bits per heavy atom. The Balaban J connectivity index is 2.49. The van der Waals surface area contributed by atoms with E-state index in [-0.39, 0.29) is 11.8 Å². The second-order valence-electron chi connectivity index (χ2n) is 3.40. The molecule has 0 unspecified atom stereocenters. The molecule has 1 aromatic rings. The second kappa shape index (κ2) is 6.23. The molecule has 0 aliphatic heterocycles. The molecule has 16 heavy (non-hydrogen) atoms. The van der Waals surface area contributed by atoms with Crippen molar-refractivity contribution in [3.8, 4) is 5.75 Å². The molecule has 0 radical (unpaired) electrons. The number of urea groups is 1. The lowest BCUT2D eigenvalue weighted by Gasteiger charge is -2.08. The number of nitrogens with one attached hydrogen (secondary N) is 2. The van der Waals surface area contributed by atoms with Crippen molar-refractivity contribution in [3.05, 3.63) is 23.2 Å². The monoisotopic (exact) mass is 242 g/mol. The molecule has 0 aromatic heterocycles. The lowest BCUT2D eigenvalue weighted by atomic mass is 10.3. The van der Waals surface area contributed by atoms with Crippen LogP contribution in [-0.2, 0) is 0 Å². The Morgan fingerprint density at radius 1 is 1.50 bits per heavy atom. The van der Waals surface area contributed by atoms with Crippen LogP contribution in [0.5, 0.6) is 5.75 Å². The molecular weight excluding hydrogens is 228 g/mol. The fourth-order valence-corrected chi connectivity index (χ4v) is 1.37. The number of benzene rings is 1. The molecule has 2 amide bonds. The summed E-state index contributed by atoms with van der Waals surface area (Å²) in [5.41, 5.74) is 0.480. The number of anilines is 1. The molecule has 0 aliphatic rings. The predicted octanol–water partition coefficient (Wildman–Crippen LogP) is 2.97. The van der Waals surface area contributed by atoms with E-state index in [1.165, 1.54) is 12.1 Å². The summed E-state index contributed by atoms with van der Waals surface area (Å²) in [5, 5.41) is 14.7. The highest BCUT2D eigenvalue weighted by Gasteiger charge is 2.05. The first kappa shape index (κ1) is 12.6. The minimum atomic E-state index is -0.291. The Kier molecular flexibility index (Phi) is 4.92. The van der Waals surface area contributed by atoms with Crippen LogP contribution in [0.2, 0.25) is 5.02 Å². The molecule has 0 atom stereocenters. The molecule has 0 aliphatic carbocycles. The van der Waals surface area contributed by atoms with Crippen molar-refractivity contribution < 1.29 is 9.90 Å². The van der Waals surface area contributed by atoms with Crippen molar-refractivity contribution in [2.45, 2.75) is 19.8 Å². The van der Waals surface area contributed by atoms with E-state index in [1.54, 1.807) is 6.07 Å². The van der Waals surface area contributed by atoms with Gasteiger partial charge in [0.15, 0.2) is 0 Å². The molecule has 4 nitrogen and oxygen atoms in total. The standard InChI is InChI=1S/C11H15ClN2O2/c1-2-3-6-13-11(16)14-10-5-4-8(15)7-9(10)12/h4-5,7,15H,2-3,6H2,1H3,(H2,13,14,16). The van der Waals surface area contributed by atoms with E-state index in [0.717, 1.165) is 12.8 Å². The number of phenols is 1. The molecular formula is C11H15ClN2O2. The number of amides is 2.